The van der Waals surface area contributed by atoms with Crippen LogP contribution in [-0.2, 0) is 0 Å². The third-order valence-corrected chi connectivity index (χ3v) is 4.92. The summed E-state index contributed by atoms with van der Waals surface area (Å²) in [6.45, 7) is 4.74. The van der Waals surface area contributed by atoms with Gasteiger partial charge < -0.3 is 5.32 Å². The number of rotatable bonds is 4. The summed E-state index contributed by atoms with van der Waals surface area (Å²) in [5, 5.41) is 3.89. The Morgan fingerprint density at radius 2 is 1.60 bits per heavy atom. The van der Waals surface area contributed by atoms with Crippen molar-refractivity contribution in [3.8, 4) is 0 Å². The van der Waals surface area contributed by atoms with Crippen LogP contribution in [0.4, 0.5) is 4.39 Å². The Morgan fingerprint density at radius 3 is 2.15 bits per heavy atom. The largest absolute Gasteiger partial charge is 0.307 e. The van der Waals surface area contributed by atoms with E-state index in [1.54, 1.807) is 12.1 Å². The van der Waals surface area contributed by atoms with Crippen molar-refractivity contribution in [2.45, 2.75) is 58.0 Å². The van der Waals surface area contributed by atoms with Crippen molar-refractivity contribution in [1.29, 1.82) is 0 Å². The Labute approximate surface area is 122 Å². The van der Waals surface area contributed by atoms with Gasteiger partial charge >= 0.3 is 0 Å². The van der Waals surface area contributed by atoms with E-state index >= 15 is 0 Å². The lowest BCUT2D eigenvalue weighted by atomic mass is 9.80. The van der Waals surface area contributed by atoms with Gasteiger partial charge in [-0.05, 0) is 67.6 Å². The highest BCUT2D eigenvalue weighted by molar-refractivity contribution is 5.22. The SMILES string of the molecule is CC1CC(C)CC(NC(c2ccc(F)cc2)C2CC2)C1. The zero-order valence-electron chi connectivity index (χ0n) is 12.6. The van der Waals surface area contributed by atoms with E-state index in [-0.39, 0.29) is 5.82 Å². The zero-order chi connectivity index (χ0) is 14.1. The van der Waals surface area contributed by atoms with Gasteiger partial charge in [0, 0.05) is 12.1 Å². The van der Waals surface area contributed by atoms with Gasteiger partial charge in [-0.25, -0.2) is 4.39 Å². The van der Waals surface area contributed by atoms with Crippen LogP contribution in [0.15, 0.2) is 24.3 Å². The highest BCUT2D eigenvalue weighted by Crippen LogP contribution is 2.42. The number of hydrogen-bond donors (Lipinski definition) is 1. The van der Waals surface area contributed by atoms with Gasteiger partial charge in [0.1, 0.15) is 5.82 Å². The van der Waals surface area contributed by atoms with Gasteiger partial charge in [0.2, 0.25) is 0 Å². The van der Waals surface area contributed by atoms with Crippen molar-refractivity contribution >= 4 is 0 Å². The van der Waals surface area contributed by atoms with Crippen molar-refractivity contribution < 1.29 is 4.39 Å². The lowest BCUT2D eigenvalue weighted by Gasteiger charge is -2.35. The van der Waals surface area contributed by atoms with Crippen LogP contribution in [0.25, 0.3) is 0 Å². The first kappa shape index (κ1) is 14.1. The van der Waals surface area contributed by atoms with Crippen LogP contribution in [0.5, 0.6) is 0 Å². The Kier molecular flexibility index (Phi) is 4.11. The minimum atomic E-state index is -0.136. The molecule has 2 aliphatic rings. The van der Waals surface area contributed by atoms with Crippen LogP contribution in [0.3, 0.4) is 0 Å². The molecule has 1 aromatic carbocycles. The first-order valence-electron chi connectivity index (χ1n) is 8.13. The van der Waals surface area contributed by atoms with E-state index in [4.69, 9.17) is 0 Å². The van der Waals surface area contributed by atoms with E-state index in [1.165, 1.54) is 37.7 Å². The summed E-state index contributed by atoms with van der Waals surface area (Å²) in [4.78, 5) is 0. The monoisotopic (exact) mass is 275 g/mol. The molecule has 2 fully saturated rings. The molecule has 1 nitrogen and oxygen atoms in total. The van der Waals surface area contributed by atoms with Crippen LogP contribution >= 0.6 is 0 Å². The molecule has 2 aliphatic carbocycles. The lowest BCUT2D eigenvalue weighted by Crippen LogP contribution is -2.39. The second-order valence-electron chi connectivity index (χ2n) is 7.15. The number of halogens is 1. The smallest absolute Gasteiger partial charge is 0.123 e. The average molecular weight is 275 g/mol. The van der Waals surface area contributed by atoms with E-state index in [2.05, 4.69) is 19.2 Å². The second-order valence-corrected chi connectivity index (χ2v) is 7.15. The summed E-state index contributed by atoms with van der Waals surface area (Å²) in [6, 6.07) is 8.17. The molecule has 0 aliphatic heterocycles. The molecule has 3 atom stereocenters. The number of benzene rings is 1. The fourth-order valence-corrected chi connectivity index (χ4v) is 3.94. The molecule has 1 N–H and O–H groups in total. The molecule has 0 amide bonds. The van der Waals surface area contributed by atoms with Gasteiger partial charge in [-0.15, -0.1) is 0 Å². The van der Waals surface area contributed by atoms with Crippen LogP contribution in [-0.4, -0.2) is 6.04 Å². The van der Waals surface area contributed by atoms with Crippen molar-refractivity contribution in [3.05, 3.63) is 35.6 Å². The molecule has 0 bridgehead atoms. The van der Waals surface area contributed by atoms with E-state index < -0.39 is 0 Å². The predicted octanol–water partition coefficient (Wildman–Crippen LogP) is 4.69. The zero-order valence-corrected chi connectivity index (χ0v) is 12.6. The molecular weight excluding hydrogens is 249 g/mol. The van der Waals surface area contributed by atoms with Gasteiger partial charge in [0.15, 0.2) is 0 Å². The molecule has 3 unspecified atom stereocenters. The Morgan fingerprint density at radius 1 is 1.00 bits per heavy atom. The molecular formula is C18H26FN. The van der Waals surface area contributed by atoms with Gasteiger partial charge in [-0.2, -0.15) is 0 Å². The molecule has 3 rings (SSSR count). The third kappa shape index (κ3) is 3.41. The summed E-state index contributed by atoms with van der Waals surface area (Å²) in [7, 11) is 0. The average Bonchev–Trinajstić information content (AvgIpc) is 3.20. The number of hydrogen-bond acceptors (Lipinski definition) is 1. The number of nitrogens with one attached hydrogen (secondary N) is 1. The Hall–Kier alpha value is -0.890. The molecule has 0 radical (unpaired) electrons. The normalized spacial score (nSPS) is 32.0. The molecule has 0 heterocycles. The van der Waals surface area contributed by atoms with Crippen molar-refractivity contribution in [3.63, 3.8) is 0 Å². The molecule has 0 aromatic heterocycles. The first-order chi connectivity index (χ1) is 9.61. The Balaban J connectivity index is 1.70. The topological polar surface area (TPSA) is 12.0 Å². The predicted molar refractivity (Wildman–Crippen MR) is 81.0 cm³/mol. The summed E-state index contributed by atoms with van der Waals surface area (Å²) >= 11 is 0. The highest BCUT2D eigenvalue weighted by Gasteiger charge is 2.35. The van der Waals surface area contributed by atoms with Crippen molar-refractivity contribution in [2.24, 2.45) is 17.8 Å². The molecule has 110 valence electrons. The first-order valence-corrected chi connectivity index (χ1v) is 8.13. The standard InChI is InChI=1S/C18H26FN/c1-12-9-13(2)11-17(10-12)20-18(14-3-4-14)15-5-7-16(19)8-6-15/h5-8,12-14,17-18,20H,3-4,9-11H2,1-2H3. The van der Waals surface area contributed by atoms with Gasteiger partial charge in [0.25, 0.3) is 0 Å². The summed E-state index contributed by atoms with van der Waals surface area (Å²) < 4.78 is 13.1. The molecule has 0 saturated heterocycles. The highest BCUT2D eigenvalue weighted by atomic mass is 19.1. The summed E-state index contributed by atoms with van der Waals surface area (Å²) in [5.74, 6) is 2.27. The van der Waals surface area contributed by atoms with Gasteiger partial charge in [-0.3, -0.25) is 0 Å². The maximum absolute atomic E-state index is 13.1. The maximum Gasteiger partial charge on any atom is 0.123 e. The second kappa shape index (κ2) is 5.85. The lowest BCUT2D eigenvalue weighted by molar-refractivity contribution is 0.220. The minimum absolute atomic E-state index is 0.136. The Bertz CT molecular complexity index is 427. The maximum atomic E-state index is 13.1. The molecule has 2 saturated carbocycles. The summed E-state index contributed by atoms with van der Waals surface area (Å²) in [6.07, 6.45) is 6.56. The van der Waals surface area contributed by atoms with Crippen LogP contribution < -0.4 is 5.32 Å². The van der Waals surface area contributed by atoms with Crippen molar-refractivity contribution in [1.82, 2.24) is 5.32 Å². The molecule has 2 heteroatoms. The van der Waals surface area contributed by atoms with Crippen LogP contribution in [0.2, 0.25) is 0 Å². The quantitative estimate of drug-likeness (QED) is 0.840. The van der Waals surface area contributed by atoms with Crippen LogP contribution in [0.1, 0.15) is 57.6 Å². The van der Waals surface area contributed by atoms with E-state index in [0.717, 1.165) is 17.8 Å². The minimum Gasteiger partial charge on any atom is -0.307 e. The third-order valence-electron chi connectivity index (χ3n) is 4.92. The molecule has 0 spiro atoms. The summed E-state index contributed by atoms with van der Waals surface area (Å²) in [5.41, 5.74) is 1.26. The van der Waals surface area contributed by atoms with E-state index in [0.29, 0.717) is 12.1 Å². The van der Waals surface area contributed by atoms with Gasteiger partial charge in [0.05, 0.1) is 0 Å². The molecule has 1 aromatic rings. The fourth-order valence-electron chi connectivity index (χ4n) is 3.94. The van der Waals surface area contributed by atoms with E-state index in [1.807, 2.05) is 12.1 Å². The van der Waals surface area contributed by atoms with E-state index in [9.17, 15) is 4.39 Å². The van der Waals surface area contributed by atoms with Crippen LogP contribution in [0, 0.1) is 23.6 Å². The molecule has 20 heavy (non-hydrogen) atoms. The van der Waals surface area contributed by atoms with Crippen molar-refractivity contribution in [2.75, 3.05) is 0 Å². The fraction of sp³-hybridized carbons (Fsp3) is 0.667. The van der Waals surface area contributed by atoms with Gasteiger partial charge in [-0.1, -0.05) is 26.0 Å².